The average molecular weight is 588 g/mol. The highest BCUT2D eigenvalue weighted by molar-refractivity contribution is 9.10. The van der Waals surface area contributed by atoms with Crippen LogP contribution in [0.1, 0.15) is 31.2 Å². The largest absolute Gasteiger partial charge is 0.458 e. The Morgan fingerprint density at radius 1 is 1.11 bits per heavy atom. The fourth-order valence-corrected chi connectivity index (χ4v) is 5.66. The van der Waals surface area contributed by atoms with E-state index in [1.165, 1.54) is 22.8 Å². The molecule has 5 nitrogen and oxygen atoms in total. The van der Waals surface area contributed by atoms with E-state index in [1.54, 1.807) is 37.3 Å². The number of furan rings is 1. The molecule has 0 amide bonds. The molecule has 4 aromatic rings. The number of aromatic nitrogens is 1. The lowest BCUT2D eigenvalue weighted by Crippen LogP contribution is -2.39. The summed E-state index contributed by atoms with van der Waals surface area (Å²) in [6, 6.07) is 15.7. The maximum absolute atomic E-state index is 13.6. The Morgan fingerprint density at radius 2 is 1.86 bits per heavy atom. The molecule has 1 atom stereocenters. The van der Waals surface area contributed by atoms with Gasteiger partial charge in [0.25, 0.3) is 5.56 Å². The summed E-state index contributed by atoms with van der Waals surface area (Å²) >= 11 is 16.9. The molecule has 176 valence electrons. The van der Waals surface area contributed by atoms with Crippen LogP contribution in [0.4, 0.5) is 0 Å². The van der Waals surface area contributed by atoms with Crippen molar-refractivity contribution >= 4 is 62.3 Å². The van der Waals surface area contributed by atoms with Gasteiger partial charge < -0.3 is 4.42 Å². The molecule has 0 aliphatic carbocycles. The number of fused-ring (bicyclic) bond motifs is 1. The summed E-state index contributed by atoms with van der Waals surface area (Å²) in [5, 5.41) is 0.848. The smallest absolute Gasteiger partial charge is 0.271 e. The van der Waals surface area contributed by atoms with E-state index >= 15 is 0 Å². The first-order chi connectivity index (χ1) is 16.7. The molecule has 1 aliphatic rings. The van der Waals surface area contributed by atoms with Crippen molar-refractivity contribution in [1.82, 2.24) is 4.57 Å². The fraction of sp³-hybridized carbons (Fsp3) is 0.115. The normalized spacial score (nSPS) is 15.8. The van der Waals surface area contributed by atoms with Crippen LogP contribution in [-0.4, -0.2) is 10.4 Å². The van der Waals surface area contributed by atoms with Crippen molar-refractivity contribution in [3.63, 3.8) is 0 Å². The number of nitrogens with zero attached hydrogens (tertiary/aromatic N) is 2. The maximum Gasteiger partial charge on any atom is 0.271 e. The lowest BCUT2D eigenvalue weighted by atomic mass is 9.98. The molecule has 9 heteroatoms. The Labute approximate surface area is 222 Å². The molecule has 0 saturated heterocycles. The van der Waals surface area contributed by atoms with Crippen LogP contribution in [0.25, 0.3) is 17.4 Å². The molecule has 5 rings (SSSR count). The summed E-state index contributed by atoms with van der Waals surface area (Å²) in [6.07, 6.45) is 1.82. The highest BCUT2D eigenvalue weighted by atomic mass is 79.9. The average Bonchev–Trinajstić information content (AvgIpc) is 3.41. The first-order valence-electron chi connectivity index (χ1n) is 10.6. The van der Waals surface area contributed by atoms with E-state index in [-0.39, 0.29) is 11.3 Å². The van der Waals surface area contributed by atoms with Crippen molar-refractivity contribution in [2.75, 3.05) is 0 Å². The molecule has 35 heavy (non-hydrogen) atoms. The summed E-state index contributed by atoms with van der Waals surface area (Å²) in [7, 11) is 0. The van der Waals surface area contributed by atoms with Gasteiger partial charge in [0.15, 0.2) is 10.6 Å². The van der Waals surface area contributed by atoms with Gasteiger partial charge >= 0.3 is 0 Å². The Morgan fingerprint density at radius 3 is 2.54 bits per heavy atom. The third-order valence-electron chi connectivity index (χ3n) is 5.67. The fourth-order valence-electron chi connectivity index (χ4n) is 4.05. The molecule has 0 saturated carbocycles. The Kier molecular flexibility index (Phi) is 6.44. The van der Waals surface area contributed by atoms with E-state index in [4.69, 9.17) is 27.6 Å². The Bertz CT molecular complexity index is 1700. The van der Waals surface area contributed by atoms with Gasteiger partial charge in [-0.15, -0.1) is 0 Å². The Balaban J connectivity index is 1.68. The quantitative estimate of drug-likeness (QED) is 0.287. The number of rotatable bonds is 4. The van der Waals surface area contributed by atoms with Gasteiger partial charge in [-0.05, 0) is 68.0 Å². The predicted octanol–water partition coefficient (Wildman–Crippen LogP) is 6.15. The molecule has 1 aliphatic heterocycles. The van der Waals surface area contributed by atoms with Gasteiger partial charge in [-0.3, -0.25) is 14.2 Å². The number of halogens is 3. The van der Waals surface area contributed by atoms with Gasteiger partial charge in [0.1, 0.15) is 17.6 Å². The van der Waals surface area contributed by atoms with Crippen LogP contribution in [0, 0.1) is 0 Å². The summed E-state index contributed by atoms with van der Waals surface area (Å²) in [5.41, 5.74) is 2.37. The number of hydrogen-bond donors (Lipinski definition) is 0. The molecular formula is C26H17BrCl2N2O3S. The van der Waals surface area contributed by atoms with E-state index in [0.29, 0.717) is 42.2 Å². The Hall–Kier alpha value is -2.71. The summed E-state index contributed by atoms with van der Waals surface area (Å²) in [4.78, 5) is 31.4. The number of thiazole rings is 1. The zero-order valence-electron chi connectivity index (χ0n) is 18.5. The highest BCUT2D eigenvalue weighted by Crippen LogP contribution is 2.35. The number of ketones is 1. The summed E-state index contributed by atoms with van der Waals surface area (Å²) < 4.78 is 9.19. The van der Waals surface area contributed by atoms with E-state index in [9.17, 15) is 9.59 Å². The summed E-state index contributed by atoms with van der Waals surface area (Å²) in [6.45, 7) is 3.25. The maximum atomic E-state index is 13.6. The standard InChI is InChI=1S/C26H17BrCl2N2O3S/c1-13-23(14(2)32)24(21-10-9-20(34-21)16-5-8-18(28)19(29)12-16)31-25(33)22(35-26(31)30-13)11-15-3-6-17(27)7-4-15/h3-12,24H,1-2H3/b22-11+/t24-/m0/s1. The van der Waals surface area contributed by atoms with Crippen LogP contribution in [-0.2, 0) is 4.79 Å². The lowest BCUT2D eigenvalue weighted by molar-refractivity contribution is -0.114. The van der Waals surface area contributed by atoms with Crippen molar-refractivity contribution < 1.29 is 9.21 Å². The zero-order valence-corrected chi connectivity index (χ0v) is 22.4. The van der Waals surface area contributed by atoms with Gasteiger partial charge in [-0.1, -0.05) is 62.6 Å². The second-order valence-electron chi connectivity index (χ2n) is 8.02. The van der Waals surface area contributed by atoms with Crippen molar-refractivity contribution in [1.29, 1.82) is 0 Å². The van der Waals surface area contributed by atoms with Crippen LogP contribution in [0.5, 0.6) is 0 Å². The minimum absolute atomic E-state index is 0.175. The molecular weight excluding hydrogens is 571 g/mol. The second kappa shape index (κ2) is 9.39. The molecule has 0 radical (unpaired) electrons. The molecule has 3 heterocycles. The van der Waals surface area contributed by atoms with Gasteiger partial charge in [0.05, 0.1) is 14.6 Å². The molecule has 0 bridgehead atoms. The van der Waals surface area contributed by atoms with E-state index in [1.807, 2.05) is 30.3 Å². The first-order valence-corrected chi connectivity index (χ1v) is 12.9. The summed E-state index contributed by atoms with van der Waals surface area (Å²) in [5.74, 6) is 0.834. The highest BCUT2D eigenvalue weighted by Gasteiger charge is 2.33. The number of benzene rings is 2. The monoisotopic (exact) mass is 586 g/mol. The number of carbonyl (C=O) groups excluding carboxylic acids is 1. The van der Waals surface area contributed by atoms with Gasteiger partial charge in [0, 0.05) is 21.3 Å². The number of hydrogen-bond acceptors (Lipinski definition) is 5. The minimum atomic E-state index is -0.729. The molecule has 0 N–H and O–H groups in total. The SMILES string of the molecule is CC(=O)C1=C(C)N=c2s/c(=C/c3ccc(Br)cc3)c(=O)n2[C@H]1c1ccc(-c2ccc(Cl)c(Cl)c2)o1. The topological polar surface area (TPSA) is 64.6 Å². The van der Waals surface area contributed by atoms with Gasteiger partial charge in [-0.2, -0.15) is 0 Å². The third-order valence-corrected chi connectivity index (χ3v) is 7.92. The lowest BCUT2D eigenvalue weighted by Gasteiger charge is -2.22. The molecule has 0 fully saturated rings. The van der Waals surface area contributed by atoms with Crippen LogP contribution < -0.4 is 14.9 Å². The predicted molar refractivity (Wildman–Crippen MR) is 143 cm³/mol. The number of allylic oxidation sites excluding steroid dienone is 2. The number of Topliss-reactive ketones (excluding diaryl/α,β-unsaturated/α-hetero) is 1. The molecule has 0 spiro atoms. The van der Waals surface area contributed by atoms with Crippen LogP contribution in [0.2, 0.25) is 10.0 Å². The van der Waals surface area contributed by atoms with Crippen molar-refractivity contribution in [3.05, 3.63) is 111 Å². The zero-order chi connectivity index (χ0) is 24.9. The first kappa shape index (κ1) is 24.0. The van der Waals surface area contributed by atoms with Crippen molar-refractivity contribution in [2.24, 2.45) is 4.99 Å². The van der Waals surface area contributed by atoms with E-state index in [2.05, 4.69) is 20.9 Å². The van der Waals surface area contributed by atoms with Crippen molar-refractivity contribution in [3.8, 4) is 11.3 Å². The van der Waals surface area contributed by atoms with Crippen LogP contribution >= 0.6 is 50.5 Å². The molecule has 2 aromatic carbocycles. The van der Waals surface area contributed by atoms with Crippen LogP contribution in [0.15, 0.2) is 84.5 Å². The van der Waals surface area contributed by atoms with E-state index < -0.39 is 6.04 Å². The third kappa shape index (κ3) is 4.49. The molecule has 0 unspecified atom stereocenters. The van der Waals surface area contributed by atoms with Crippen molar-refractivity contribution in [2.45, 2.75) is 19.9 Å². The second-order valence-corrected chi connectivity index (χ2v) is 10.8. The van der Waals surface area contributed by atoms with Crippen LogP contribution in [0.3, 0.4) is 0 Å². The van der Waals surface area contributed by atoms with E-state index in [0.717, 1.165) is 15.6 Å². The molecule has 2 aromatic heterocycles. The minimum Gasteiger partial charge on any atom is -0.458 e. The van der Waals surface area contributed by atoms with Gasteiger partial charge in [0.2, 0.25) is 0 Å². The number of carbonyl (C=O) groups is 1. The van der Waals surface area contributed by atoms with Gasteiger partial charge in [-0.25, -0.2) is 4.99 Å².